The van der Waals surface area contributed by atoms with E-state index in [9.17, 15) is 0 Å². The smallest absolute Gasteiger partial charge is 0.339 e. The first-order chi connectivity index (χ1) is 14.9. The van der Waals surface area contributed by atoms with E-state index in [4.69, 9.17) is 20.9 Å². The van der Waals surface area contributed by atoms with Crippen molar-refractivity contribution in [1.82, 2.24) is 0 Å². The molecule has 0 heterocycles. The summed E-state index contributed by atoms with van der Waals surface area (Å²) in [5, 5.41) is 0. The number of nitrogen functional groups attached to an aromatic ring is 2. The van der Waals surface area contributed by atoms with Gasteiger partial charge in [-0.15, -0.1) is 0 Å². The van der Waals surface area contributed by atoms with Crippen molar-refractivity contribution in [3.05, 3.63) is 46.5 Å². The summed E-state index contributed by atoms with van der Waals surface area (Å²) in [6, 6.07) is 3.84. The molecule has 2 unspecified atom stereocenters. The minimum absolute atomic E-state index is 0.0662. The predicted molar refractivity (Wildman–Crippen MR) is 120 cm³/mol. The summed E-state index contributed by atoms with van der Waals surface area (Å²) in [6.45, 7) is 7.28. The maximum absolute atomic E-state index is 15.4. The molecule has 2 rings (SSSR count). The van der Waals surface area contributed by atoms with Gasteiger partial charge in [0.25, 0.3) is 0 Å². The normalized spacial score (nSPS) is 14.2. The van der Waals surface area contributed by atoms with Crippen LogP contribution in [-0.2, 0) is 11.8 Å². The highest BCUT2D eigenvalue weighted by Gasteiger charge is 2.59. The van der Waals surface area contributed by atoms with Crippen LogP contribution in [0.2, 0.25) is 0 Å². The topological polar surface area (TPSA) is 70.5 Å². The van der Waals surface area contributed by atoms with E-state index < -0.39 is 23.0 Å². The maximum atomic E-state index is 15.4. The van der Waals surface area contributed by atoms with E-state index in [1.165, 1.54) is 14.2 Å². The summed E-state index contributed by atoms with van der Waals surface area (Å²) in [6.07, 6.45) is 1.18. The van der Waals surface area contributed by atoms with Gasteiger partial charge in [0, 0.05) is 11.1 Å². The third-order valence-corrected chi connectivity index (χ3v) is 6.19. The quantitative estimate of drug-likeness (QED) is 0.322. The molecule has 2 atom stereocenters. The average molecular weight is 457 g/mol. The molecular weight excluding hydrogens is 424 g/mol. The Bertz CT molecular complexity index is 886. The van der Waals surface area contributed by atoms with Crippen LogP contribution in [0.25, 0.3) is 0 Å². The van der Waals surface area contributed by atoms with Gasteiger partial charge in [-0.1, -0.05) is 27.7 Å². The van der Waals surface area contributed by atoms with Crippen LogP contribution in [0, 0.1) is 0 Å². The first-order valence-corrected chi connectivity index (χ1v) is 10.6. The second kappa shape index (κ2) is 9.46. The van der Waals surface area contributed by atoms with E-state index in [-0.39, 0.29) is 34.7 Å². The van der Waals surface area contributed by atoms with E-state index in [0.717, 1.165) is 24.3 Å². The molecule has 8 heteroatoms. The van der Waals surface area contributed by atoms with Crippen LogP contribution in [0.1, 0.15) is 74.6 Å². The number of ether oxygens (including phenoxy) is 2. The fourth-order valence-corrected chi connectivity index (χ4v) is 3.61. The molecule has 4 N–H and O–H groups in total. The molecule has 0 aromatic heterocycles. The Morgan fingerprint density at radius 3 is 1.28 bits per heavy atom. The third-order valence-electron chi connectivity index (χ3n) is 6.19. The third kappa shape index (κ3) is 4.32. The number of anilines is 2. The monoisotopic (exact) mass is 456 g/mol. The highest BCUT2D eigenvalue weighted by Crippen LogP contribution is 2.53. The largest absolute Gasteiger partial charge is 0.495 e. The zero-order valence-electron chi connectivity index (χ0n) is 19.4. The minimum Gasteiger partial charge on any atom is -0.495 e. The molecule has 2 aromatic rings. The van der Waals surface area contributed by atoms with Crippen LogP contribution in [-0.4, -0.2) is 14.2 Å². The number of halogens is 4. The summed E-state index contributed by atoms with van der Waals surface area (Å²) in [7, 11) is 2.52. The molecule has 0 aliphatic carbocycles. The van der Waals surface area contributed by atoms with Gasteiger partial charge >= 0.3 is 11.8 Å². The fraction of sp³-hybridized carbons (Fsp3) is 0.500. The Morgan fingerprint density at radius 1 is 0.719 bits per heavy atom. The fourth-order valence-electron chi connectivity index (χ4n) is 3.61. The summed E-state index contributed by atoms with van der Waals surface area (Å²) < 4.78 is 72.0. The van der Waals surface area contributed by atoms with E-state index in [1.807, 2.05) is 13.8 Å². The summed E-state index contributed by atoms with van der Waals surface area (Å²) in [4.78, 5) is 0. The second-order valence-corrected chi connectivity index (χ2v) is 8.13. The van der Waals surface area contributed by atoms with Gasteiger partial charge in [-0.25, -0.2) is 0 Å². The van der Waals surface area contributed by atoms with Crippen molar-refractivity contribution in [3.63, 3.8) is 0 Å². The number of hydrogen-bond acceptors (Lipinski definition) is 4. The molecule has 0 saturated heterocycles. The lowest BCUT2D eigenvalue weighted by Gasteiger charge is -2.30. The minimum atomic E-state index is -4.55. The number of alkyl halides is 4. The summed E-state index contributed by atoms with van der Waals surface area (Å²) >= 11 is 0. The van der Waals surface area contributed by atoms with Gasteiger partial charge < -0.3 is 20.9 Å². The molecule has 0 aliphatic heterocycles. The highest BCUT2D eigenvalue weighted by atomic mass is 19.3. The lowest BCUT2D eigenvalue weighted by molar-refractivity contribution is -0.224. The Hall–Kier alpha value is -2.64. The SMILES string of the molecule is CCC(C)c1cc(C(F)(F)C(F)(F)c2cc(OC)c(N)c(C(C)CC)c2)cc(OC)c1N. The van der Waals surface area contributed by atoms with Gasteiger partial charge in [-0.2, -0.15) is 17.6 Å². The highest BCUT2D eigenvalue weighted by molar-refractivity contribution is 5.64. The van der Waals surface area contributed by atoms with Crippen molar-refractivity contribution in [2.75, 3.05) is 25.7 Å². The molecule has 4 nitrogen and oxygen atoms in total. The van der Waals surface area contributed by atoms with Crippen molar-refractivity contribution in [3.8, 4) is 11.5 Å². The Labute approximate surface area is 186 Å². The molecule has 0 amide bonds. The van der Waals surface area contributed by atoms with Gasteiger partial charge in [-0.05, 0) is 60.1 Å². The lowest BCUT2D eigenvalue weighted by Crippen LogP contribution is -2.36. The number of methoxy groups -OCH3 is 2. The van der Waals surface area contributed by atoms with Crippen molar-refractivity contribution >= 4 is 11.4 Å². The Morgan fingerprint density at radius 2 is 1.03 bits per heavy atom. The van der Waals surface area contributed by atoms with Gasteiger partial charge in [0.2, 0.25) is 0 Å². The van der Waals surface area contributed by atoms with Crippen molar-refractivity contribution in [1.29, 1.82) is 0 Å². The molecule has 178 valence electrons. The summed E-state index contributed by atoms with van der Waals surface area (Å²) in [5.74, 6) is -9.68. The molecule has 0 saturated carbocycles. The second-order valence-electron chi connectivity index (χ2n) is 8.13. The number of hydrogen-bond donors (Lipinski definition) is 2. The van der Waals surface area contributed by atoms with E-state index in [1.54, 1.807) is 13.8 Å². The van der Waals surface area contributed by atoms with Crippen LogP contribution in [0.3, 0.4) is 0 Å². The zero-order chi connectivity index (χ0) is 24.4. The van der Waals surface area contributed by atoms with Crippen LogP contribution >= 0.6 is 0 Å². The van der Waals surface area contributed by atoms with Crippen molar-refractivity contribution < 1.29 is 27.0 Å². The zero-order valence-corrected chi connectivity index (χ0v) is 19.4. The van der Waals surface area contributed by atoms with E-state index >= 15 is 17.6 Å². The first-order valence-electron chi connectivity index (χ1n) is 10.6. The Kier molecular flexibility index (Phi) is 7.58. The molecule has 0 aliphatic rings. The predicted octanol–water partition coefficient (Wildman–Crippen LogP) is 6.78. The van der Waals surface area contributed by atoms with Gasteiger partial charge in [0.05, 0.1) is 25.6 Å². The van der Waals surface area contributed by atoms with Crippen molar-refractivity contribution in [2.45, 2.75) is 64.2 Å². The van der Waals surface area contributed by atoms with Crippen molar-refractivity contribution in [2.24, 2.45) is 0 Å². The van der Waals surface area contributed by atoms with Crippen LogP contribution < -0.4 is 20.9 Å². The van der Waals surface area contributed by atoms with E-state index in [2.05, 4.69) is 0 Å². The molecule has 0 radical (unpaired) electrons. The standard InChI is InChI=1S/C24H32F4N2O2/c1-7-13(3)17-9-15(11-19(31-5)21(17)29)23(25,26)24(27,28)16-10-18(14(4)8-2)22(30)20(12-16)32-6/h9-14H,7-8,29-30H2,1-6H3. The maximum Gasteiger partial charge on any atom is 0.339 e. The Balaban J connectivity index is 2.73. The van der Waals surface area contributed by atoms with Gasteiger partial charge in [-0.3, -0.25) is 0 Å². The molecule has 2 aromatic carbocycles. The van der Waals surface area contributed by atoms with Crippen LogP contribution in [0.5, 0.6) is 11.5 Å². The molecule has 0 fully saturated rings. The average Bonchev–Trinajstić information content (AvgIpc) is 2.77. The molecule has 32 heavy (non-hydrogen) atoms. The van der Waals surface area contributed by atoms with E-state index in [0.29, 0.717) is 24.0 Å². The number of nitrogens with two attached hydrogens (primary N) is 2. The van der Waals surface area contributed by atoms with Gasteiger partial charge in [0.1, 0.15) is 11.5 Å². The van der Waals surface area contributed by atoms with Crippen LogP contribution in [0.15, 0.2) is 24.3 Å². The molecule has 0 bridgehead atoms. The lowest BCUT2D eigenvalue weighted by atomic mass is 9.87. The van der Waals surface area contributed by atoms with Crippen LogP contribution in [0.4, 0.5) is 28.9 Å². The van der Waals surface area contributed by atoms with Gasteiger partial charge in [0.15, 0.2) is 0 Å². The first kappa shape index (κ1) is 25.6. The molecule has 0 spiro atoms. The summed E-state index contributed by atoms with van der Waals surface area (Å²) in [5.41, 5.74) is 11.3. The number of benzene rings is 2. The molecular formula is C24H32F4N2O2. The number of rotatable bonds is 9.